The van der Waals surface area contributed by atoms with E-state index in [9.17, 15) is 15.4 Å². The number of hydrogen-bond acceptors (Lipinski definition) is 4. The molecule has 0 aliphatic heterocycles. The van der Waals surface area contributed by atoms with Crippen molar-refractivity contribution in [1.82, 2.24) is 0 Å². The van der Waals surface area contributed by atoms with Gasteiger partial charge in [0.05, 0.1) is 16.1 Å². The van der Waals surface area contributed by atoms with Crippen LogP contribution < -0.4 is 5.73 Å². The number of nitrogens with zero attached hydrogens (tertiary/aromatic N) is 2. The van der Waals surface area contributed by atoms with E-state index in [1.807, 2.05) is 30.3 Å². The Labute approximate surface area is 128 Å². The van der Waals surface area contributed by atoms with Gasteiger partial charge in [-0.1, -0.05) is 30.3 Å². The van der Waals surface area contributed by atoms with Crippen LogP contribution in [-0.2, 0) is 12.8 Å². The molecule has 110 valence electrons. The van der Waals surface area contributed by atoms with Crippen molar-refractivity contribution in [3.05, 3.63) is 57.1 Å². The highest BCUT2D eigenvalue weighted by atomic mass is 16.6. The maximum absolute atomic E-state index is 11.6. The zero-order valence-electron chi connectivity index (χ0n) is 12.0. The minimum absolute atomic E-state index is 0.00740. The Hall–Kier alpha value is -2.87. The molecule has 0 radical (unpaired) electrons. The minimum atomic E-state index is -0.465. The average molecular weight is 293 g/mol. The smallest absolute Gasteiger partial charge is 0.301 e. The van der Waals surface area contributed by atoms with Gasteiger partial charge in [0, 0.05) is 0 Å². The standard InChI is InChI=1S/C17H15N3O2/c18-10-14-12-8-4-5-9-13(12)15(11-6-2-1-3-7-11)17(16(14)19)20(21)22/h1-3,6-7H,4-5,8-9,19H2. The summed E-state index contributed by atoms with van der Waals surface area (Å²) in [7, 11) is 0. The Balaban J connectivity index is 2.44. The molecule has 0 spiro atoms. The molecule has 2 aromatic rings. The van der Waals surface area contributed by atoms with Crippen LogP contribution >= 0.6 is 0 Å². The number of nitriles is 1. The van der Waals surface area contributed by atoms with E-state index in [0.29, 0.717) is 5.56 Å². The van der Waals surface area contributed by atoms with E-state index in [4.69, 9.17) is 5.73 Å². The average Bonchev–Trinajstić information content (AvgIpc) is 2.54. The number of hydrogen-bond donors (Lipinski definition) is 1. The van der Waals surface area contributed by atoms with Gasteiger partial charge in [0.2, 0.25) is 0 Å². The van der Waals surface area contributed by atoms with Gasteiger partial charge in [-0.3, -0.25) is 10.1 Å². The molecule has 0 amide bonds. The predicted octanol–water partition coefficient (Wildman–Crippen LogP) is 3.59. The summed E-state index contributed by atoms with van der Waals surface area (Å²) in [6.45, 7) is 0. The molecule has 2 aromatic carbocycles. The molecule has 0 aromatic heterocycles. The van der Waals surface area contributed by atoms with Crippen LogP contribution in [0, 0.1) is 21.4 Å². The van der Waals surface area contributed by atoms with Gasteiger partial charge < -0.3 is 5.73 Å². The molecule has 1 aliphatic carbocycles. The molecule has 1 aliphatic rings. The first-order valence-electron chi connectivity index (χ1n) is 7.22. The number of nitro benzene ring substituents is 1. The first kappa shape index (κ1) is 14.1. The molecule has 0 unspecified atom stereocenters. The molecule has 0 atom stereocenters. The Morgan fingerprint density at radius 1 is 1.14 bits per heavy atom. The van der Waals surface area contributed by atoms with Crippen LogP contribution in [0.1, 0.15) is 29.5 Å². The van der Waals surface area contributed by atoms with Gasteiger partial charge in [-0.05, 0) is 42.4 Å². The Morgan fingerprint density at radius 2 is 1.77 bits per heavy atom. The van der Waals surface area contributed by atoms with E-state index in [2.05, 4.69) is 6.07 Å². The van der Waals surface area contributed by atoms with Crippen molar-refractivity contribution >= 4 is 11.4 Å². The van der Waals surface area contributed by atoms with Crippen molar-refractivity contribution in [2.45, 2.75) is 25.7 Å². The Bertz CT molecular complexity index is 792. The SMILES string of the molecule is N#Cc1c(N)c([N+](=O)[O-])c(-c2ccccc2)c2c1CCCC2. The molecular weight excluding hydrogens is 278 g/mol. The molecule has 2 N–H and O–H groups in total. The second kappa shape index (κ2) is 5.49. The van der Waals surface area contributed by atoms with Gasteiger partial charge in [0.15, 0.2) is 0 Å². The topological polar surface area (TPSA) is 93.0 Å². The lowest BCUT2D eigenvalue weighted by Gasteiger charge is -2.22. The van der Waals surface area contributed by atoms with Crippen LogP contribution in [0.15, 0.2) is 30.3 Å². The van der Waals surface area contributed by atoms with Gasteiger partial charge in [0.1, 0.15) is 11.8 Å². The molecule has 0 saturated carbocycles. The van der Waals surface area contributed by atoms with Gasteiger partial charge in [-0.2, -0.15) is 5.26 Å². The summed E-state index contributed by atoms with van der Waals surface area (Å²) >= 11 is 0. The van der Waals surface area contributed by atoms with Gasteiger partial charge in [0.25, 0.3) is 0 Å². The summed E-state index contributed by atoms with van der Waals surface area (Å²) in [5.41, 5.74) is 9.29. The molecule has 0 heterocycles. The van der Waals surface area contributed by atoms with Gasteiger partial charge in [-0.15, -0.1) is 0 Å². The molecule has 5 heteroatoms. The summed E-state index contributed by atoms with van der Waals surface area (Å²) in [4.78, 5) is 11.1. The van der Waals surface area contributed by atoms with Crippen LogP contribution in [-0.4, -0.2) is 4.92 Å². The fourth-order valence-electron chi connectivity index (χ4n) is 3.25. The number of anilines is 1. The van der Waals surface area contributed by atoms with E-state index >= 15 is 0 Å². The molecular formula is C17H15N3O2. The van der Waals surface area contributed by atoms with E-state index in [-0.39, 0.29) is 16.9 Å². The highest BCUT2D eigenvalue weighted by molar-refractivity contribution is 5.89. The van der Waals surface area contributed by atoms with Crippen LogP contribution in [0.4, 0.5) is 11.4 Å². The third-order valence-corrected chi connectivity index (χ3v) is 4.19. The third kappa shape index (κ3) is 2.09. The molecule has 5 nitrogen and oxygen atoms in total. The van der Waals surface area contributed by atoms with Crippen molar-refractivity contribution in [2.75, 3.05) is 5.73 Å². The summed E-state index contributed by atoms with van der Waals surface area (Å²) < 4.78 is 0. The highest BCUT2D eigenvalue weighted by Gasteiger charge is 2.31. The fourth-order valence-corrected chi connectivity index (χ4v) is 3.25. The highest BCUT2D eigenvalue weighted by Crippen LogP contribution is 2.44. The van der Waals surface area contributed by atoms with E-state index < -0.39 is 4.92 Å². The quantitative estimate of drug-likeness (QED) is 0.520. The maximum atomic E-state index is 11.6. The van der Waals surface area contributed by atoms with Gasteiger partial charge >= 0.3 is 5.69 Å². The predicted molar refractivity (Wildman–Crippen MR) is 84.3 cm³/mol. The van der Waals surface area contributed by atoms with E-state index in [1.54, 1.807) is 0 Å². The van der Waals surface area contributed by atoms with Crippen LogP contribution in [0.2, 0.25) is 0 Å². The number of benzene rings is 2. The second-order valence-electron chi connectivity index (χ2n) is 5.41. The van der Waals surface area contributed by atoms with Gasteiger partial charge in [-0.25, -0.2) is 0 Å². The monoisotopic (exact) mass is 293 g/mol. The van der Waals surface area contributed by atoms with Crippen molar-refractivity contribution in [3.8, 4) is 17.2 Å². The zero-order chi connectivity index (χ0) is 15.7. The summed E-state index contributed by atoms with van der Waals surface area (Å²) in [5, 5.41) is 21.0. The number of fused-ring (bicyclic) bond motifs is 1. The fraction of sp³-hybridized carbons (Fsp3) is 0.235. The summed E-state index contributed by atoms with van der Waals surface area (Å²) in [6, 6.07) is 11.3. The number of nitrogen functional groups attached to an aromatic ring is 1. The lowest BCUT2D eigenvalue weighted by molar-refractivity contribution is -0.383. The number of rotatable bonds is 2. The molecule has 22 heavy (non-hydrogen) atoms. The minimum Gasteiger partial charge on any atom is -0.392 e. The molecule has 0 saturated heterocycles. The Morgan fingerprint density at radius 3 is 2.36 bits per heavy atom. The van der Waals surface area contributed by atoms with Crippen LogP contribution in [0.25, 0.3) is 11.1 Å². The van der Waals surface area contributed by atoms with Crippen molar-refractivity contribution in [2.24, 2.45) is 0 Å². The zero-order valence-corrected chi connectivity index (χ0v) is 12.0. The molecule has 0 fully saturated rings. The van der Waals surface area contributed by atoms with Crippen LogP contribution in [0.5, 0.6) is 0 Å². The van der Waals surface area contributed by atoms with Crippen LogP contribution in [0.3, 0.4) is 0 Å². The maximum Gasteiger partial charge on any atom is 0.301 e. The summed E-state index contributed by atoms with van der Waals surface area (Å²) in [6.07, 6.45) is 3.45. The van der Waals surface area contributed by atoms with Crippen molar-refractivity contribution < 1.29 is 4.92 Å². The normalized spacial score (nSPS) is 13.2. The first-order chi connectivity index (χ1) is 10.6. The lowest BCUT2D eigenvalue weighted by atomic mass is 9.81. The summed E-state index contributed by atoms with van der Waals surface area (Å²) in [5.74, 6) is 0. The number of nitrogens with two attached hydrogens (primary N) is 1. The van der Waals surface area contributed by atoms with E-state index in [1.165, 1.54) is 0 Å². The molecule has 0 bridgehead atoms. The molecule has 3 rings (SSSR count). The second-order valence-corrected chi connectivity index (χ2v) is 5.41. The van der Waals surface area contributed by atoms with Crippen molar-refractivity contribution in [1.29, 1.82) is 5.26 Å². The lowest BCUT2D eigenvalue weighted by Crippen LogP contribution is -2.12. The third-order valence-electron chi connectivity index (χ3n) is 4.19. The van der Waals surface area contributed by atoms with E-state index in [0.717, 1.165) is 42.4 Å². The number of nitro groups is 1. The first-order valence-corrected chi connectivity index (χ1v) is 7.22. The van der Waals surface area contributed by atoms with Crippen molar-refractivity contribution in [3.63, 3.8) is 0 Å². The Kier molecular flexibility index (Phi) is 3.51. The largest absolute Gasteiger partial charge is 0.392 e.